The second-order valence-corrected chi connectivity index (χ2v) is 11.1. The van der Waals surface area contributed by atoms with E-state index in [4.69, 9.17) is 22.8 Å². The van der Waals surface area contributed by atoms with Gasteiger partial charge in [0, 0.05) is 25.4 Å². The molecule has 0 aliphatic carbocycles. The molecule has 1 aliphatic heterocycles. The van der Waals surface area contributed by atoms with Gasteiger partial charge in [0.2, 0.25) is 0 Å². The Bertz CT molecular complexity index is 440. The van der Waals surface area contributed by atoms with Crippen LogP contribution in [0.15, 0.2) is 0 Å². The lowest BCUT2D eigenvalue weighted by atomic mass is 10.4. The van der Waals surface area contributed by atoms with Crippen LogP contribution in [0.1, 0.15) is 47.5 Å². The molecule has 24 heavy (non-hydrogen) atoms. The molecule has 9 heteroatoms. The fraction of sp³-hybridized carbons (Fsp3) is 1.00. The Morgan fingerprint density at radius 2 is 1.58 bits per heavy atom. The molecule has 1 aliphatic rings. The summed E-state index contributed by atoms with van der Waals surface area (Å²) in [5, 5.41) is 0. The highest BCUT2D eigenvalue weighted by molar-refractivity contribution is 7.92. The van der Waals surface area contributed by atoms with Gasteiger partial charge in [-0.2, -0.15) is 0 Å². The largest absolute Gasteiger partial charge is 0.506 e. The number of rotatable bonds is 12. The first-order valence-electron chi connectivity index (χ1n) is 8.71. The van der Waals surface area contributed by atoms with E-state index in [0.717, 1.165) is 0 Å². The third kappa shape index (κ3) is 6.05. The summed E-state index contributed by atoms with van der Waals surface area (Å²) in [6.45, 7) is 11.2. The molecule has 3 atom stereocenters. The van der Waals surface area contributed by atoms with Crippen LogP contribution in [0.5, 0.6) is 0 Å². The Hall–Kier alpha value is -0.0331. The Labute approximate surface area is 147 Å². The number of hydrogen-bond acceptors (Lipinski definition) is 7. The summed E-state index contributed by atoms with van der Waals surface area (Å²) >= 11 is 0. The summed E-state index contributed by atoms with van der Waals surface area (Å²) in [4.78, 5) is 0. The van der Waals surface area contributed by atoms with E-state index in [1.807, 2.05) is 27.7 Å². The zero-order chi connectivity index (χ0) is 18.2. The van der Waals surface area contributed by atoms with Crippen molar-refractivity contribution in [3.63, 3.8) is 0 Å². The van der Waals surface area contributed by atoms with E-state index in [9.17, 15) is 8.42 Å². The first kappa shape index (κ1) is 22.0. The van der Waals surface area contributed by atoms with Crippen LogP contribution in [0.25, 0.3) is 0 Å². The number of ether oxygens (including phenoxy) is 2. The highest BCUT2D eigenvalue weighted by atomic mass is 32.2. The van der Waals surface area contributed by atoms with Crippen molar-refractivity contribution in [3.8, 4) is 0 Å². The lowest BCUT2D eigenvalue weighted by Gasteiger charge is -2.33. The molecule has 144 valence electrons. The molecule has 0 radical (unpaired) electrons. The Morgan fingerprint density at radius 3 is 2.00 bits per heavy atom. The van der Waals surface area contributed by atoms with Crippen molar-refractivity contribution in [1.82, 2.24) is 0 Å². The third-order valence-electron chi connectivity index (χ3n) is 3.83. The van der Waals surface area contributed by atoms with Crippen LogP contribution in [-0.4, -0.2) is 61.1 Å². The van der Waals surface area contributed by atoms with Crippen molar-refractivity contribution >= 4 is 18.6 Å². The van der Waals surface area contributed by atoms with E-state index in [1.54, 1.807) is 6.92 Å². The van der Waals surface area contributed by atoms with Gasteiger partial charge in [-0.3, -0.25) is 0 Å². The second kappa shape index (κ2) is 10.2. The van der Waals surface area contributed by atoms with Crippen molar-refractivity contribution in [2.45, 2.75) is 64.7 Å². The monoisotopic (exact) mass is 384 g/mol. The average molecular weight is 385 g/mol. The van der Waals surface area contributed by atoms with E-state index >= 15 is 0 Å². The van der Waals surface area contributed by atoms with E-state index in [0.29, 0.717) is 39.3 Å². The summed E-state index contributed by atoms with van der Waals surface area (Å²) in [6, 6.07) is 0. The van der Waals surface area contributed by atoms with Gasteiger partial charge in [0.05, 0.1) is 12.4 Å². The molecule has 1 fully saturated rings. The van der Waals surface area contributed by atoms with Crippen molar-refractivity contribution < 1.29 is 31.2 Å². The average Bonchev–Trinajstić information content (AvgIpc) is 2.84. The van der Waals surface area contributed by atoms with E-state index in [2.05, 4.69) is 0 Å². The van der Waals surface area contributed by atoms with E-state index in [-0.39, 0.29) is 11.3 Å². The zero-order valence-electron chi connectivity index (χ0n) is 15.4. The Kier molecular flexibility index (Phi) is 9.35. The molecule has 0 amide bonds. The van der Waals surface area contributed by atoms with Gasteiger partial charge in [-0.1, -0.05) is 6.92 Å². The normalized spacial score (nSPS) is 23.3. The molecule has 1 saturated heterocycles. The third-order valence-corrected chi connectivity index (χ3v) is 9.29. The van der Waals surface area contributed by atoms with Gasteiger partial charge in [-0.25, -0.2) is 8.42 Å². The molecule has 1 rings (SSSR count). The van der Waals surface area contributed by atoms with Crippen LogP contribution in [0.3, 0.4) is 0 Å². The fourth-order valence-electron chi connectivity index (χ4n) is 2.71. The van der Waals surface area contributed by atoms with Gasteiger partial charge < -0.3 is 22.8 Å². The van der Waals surface area contributed by atoms with Crippen molar-refractivity contribution in [2.24, 2.45) is 0 Å². The summed E-state index contributed by atoms with van der Waals surface area (Å²) < 4.78 is 52.4. The maximum Gasteiger partial charge on any atom is 0.506 e. The molecule has 1 heterocycles. The SMILES string of the molecule is CCO[Si](OCC)(OCC)C(C)COC(C)OC1CCCS1(=O)=O. The number of sulfone groups is 1. The topological polar surface area (TPSA) is 80.3 Å². The minimum atomic E-state index is -3.14. The molecule has 3 unspecified atom stereocenters. The van der Waals surface area contributed by atoms with Crippen LogP contribution >= 0.6 is 0 Å². The van der Waals surface area contributed by atoms with Crippen LogP contribution in [0.2, 0.25) is 5.54 Å². The molecular formula is C15H32O7SSi. The minimum Gasteiger partial charge on any atom is -0.374 e. The van der Waals surface area contributed by atoms with E-state index < -0.39 is 30.4 Å². The lowest BCUT2D eigenvalue weighted by molar-refractivity contribution is -0.143. The van der Waals surface area contributed by atoms with Gasteiger partial charge in [0.1, 0.15) is 0 Å². The standard InChI is InChI=1S/C15H32O7SSi/c1-6-19-24(20-7-2,21-8-3)13(4)12-18-14(5)22-15-10-9-11-23(15,16)17/h13-15H,6-12H2,1-5H3. The lowest BCUT2D eigenvalue weighted by Crippen LogP contribution is -2.51. The molecule has 0 aromatic heterocycles. The van der Waals surface area contributed by atoms with Crippen LogP contribution in [0, 0.1) is 0 Å². The maximum atomic E-state index is 11.8. The first-order valence-corrected chi connectivity index (χ1v) is 12.2. The summed E-state index contributed by atoms with van der Waals surface area (Å²) in [6.07, 6.45) is 0.564. The summed E-state index contributed by atoms with van der Waals surface area (Å²) in [5.41, 5.74) is -0.834. The second-order valence-electron chi connectivity index (χ2n) is 5.78. The van der Waals surface area contributed by atoms with Gasteiger partial charge in [-0.15, -0.1) is 0 Å². The van der Waals surface area contributed by atoms with E-state index in [1.165, 1.54) is 0 Å². The van der Waals surface area contributed by atoms with Crippen LogP contribution in [0.4, 0.5) is 0 Å². The smallest absolute Gasteiger partial charge is 0.374 e. The molecule has 7 nitrogen and oxygen atoms in total. The summed E-state index contributed by atoms with van der Waals surface area (Å²) in [7, 11) is -5.98. The van der Waals surface area contributed by atoms with Crippen molar-refractivity contribution in [2.75, 3.05) is 32.2 Å². The maximum absolute atomic E-state index is 11.8. The first-order chi connectivity index (χ1) is 11.3. The van der Waals surface area contributed by atoms with Gasteiger partial charge in [-0.05, 0) is 40.5 Å². The summed E-state index contributed by atoms with van der Waals surface area (Å²) in [5.74, 6) is 0.190. The molecule has 0 saturated carbocycles. The quantitative estimate of drug-likeness (QED) is 0.377. The number of hydrogen-bond donors (Lipinski definition) is 0. The van der Waals surface area contributed by atoms with Crippen molar-refractivity contribution in [3.05, 3.63) is 0 Å². The van der Waals surface area contributed by atoms with Gasteiger partial charge in [0.15, 0.2) is 21.6 Å². The Morgan fingerprint density at radius 1 is 1.04 bits per heavy atom. The van der Waals surface area contributed by atoms with Gasteiger partial charge in [0.25, 0.3) is 0 Å². The fourth-order valence-corrected chi connectivity index (χ4v) is 7.00. The predicted octanol–water partition coefficient (Wildman–Crippen LogP) is 2.34. The minimum absolute atomic E-state index is 0.0800. The van der Waals surface area contributed by atoms with Crippen molar-refractivity contribution in [1.29, 1.82) is 0 Å². The molecule has 0 aromatic carbocycles. The van der Waals surface area contributed by atoms with Gasteiger partial charge >= 0.3 is 8.80 Å². The zero-order valence-corrected chi connectivity index (χ0v) is 17.3. The Balaban J connectivity index is 2.58. The van der Waals surface area contributed by atoms with Crippen LogP contribution < -0.4 is 0 Å². The predicted molar refractivity (Wildman–Crippen MR) is 93.4 cm³/mol. The molecule has 0 aromatic rings. The van der Waals surface area contributed by atoms with Crippen LogP contribution in [-0.2, 0) is 32.6 Å². The highest BCUT2D eigenvalue weighted by Gasteiger charge is 2.47. The molecule has 0 bridgehead atoms. The molecular weight excluding hydrogens is 352 g/mol. The highest BCUT2D eigenvalue weighted by Crippen LogP contribution is 2.27. The molecule has 0 spiro atoms. The molecule has 0 N–H and O–H groups in total.